The highest BCUT2D eigenvalue weighted by molar-refractivity contribution is 6.33. The molecule has 0 heterocycles. The fraction of sp³-hybridized carbons (Fsp3) is 0.429. The molecule has 2 aromatic carbocycles. The molecule has 7 heteroatoms. The first-order chi connectivity index (χ1) is 13.2. The van der Waals surface area contributed by atoms with Crippen molar-refractivity contribution < 1.29 is 17.9 Å². The lowest BCUT2D eigenvalue weighted by Crippen LogP contribution is -2.22. The SMILES string of the molecule is COc1ccccc1CCCCN(C)CCc1cc(Cl)c(N)c(C(F)(F)F)c1. The number of likely N-dealkylation sites (N-methyl/N-ethyl adjacent to an activating group) is 1. The third-order valence-electron chi connectivity index (χ3n) is 4.71. The van der Waals surface area contributed by atoms with Gasteiger partial charge in [-0.05, 0) is 68.6 Å². The quantitative estimate of drug-likeness (QED) is 0.438. The van der Waals surface area contributed by atoms with E-state index in [1.807, 2.05) is 25.2 Å². The smallest absolute Gasteiger partial charge is 0.418 e. The molecule has 2 aromatic rings. The number of nitrogen functional groups attached to an aromatic ring is 1. The Bertz CT molecular complexity index is 781. The number of nitrogens with zero attached hydrogens (tertiary/aromatic N) is 1. The van der Waals surface area contributed by atoms with Crippen LogP contribution >= 0.6 is 11.6 Å². The second-order valence-electron chi connectivity index (χ2n) is 6.86. The van der Waals surface area contributed by atoms with Gasteiger partial charge >= 0.3 is 6.18 Å². The summed E-state index contributed by atoms with van der Waals surface area (Å²) in [6, 6.07) is 10.6. The topological polar surface area (TPSA) is 38.5 Å². The fourth-order valence-electron chi connectivity index (χ4n) is 3.09. The van der Waals surface area contributed by atoms with Crippen LogP contribution in [-0.4, -0.2) is 32.1 Å². The van der Waals surface area contributed by atoms with Crippen LogP contribution in [0.4, 0.5) is 18.9 Å². The number of rotatable bonds is 9. The number of halogens is 4. The van der Waals surface area contributed by atoms with Crippen molar-refractivity contribution in [3.63, 3.8) is 0 Å². The highest BCUT2D eigenvalue weighted by Crippen LogP contribution is 2.37. The molecule has 0 saturated heterocycles. The van der Waals surface area contributed by atoms with Gasteiger partial charge < -0.3 is 15.4 Å². The van der Waals surface area contributed by atoms with E-state index in [9.17, 15) is 13.2 Å². The molecule has 0 aliphatic heterocycles. The van der Waals surface area contributed by atoms with E-state index in [4.69, 9.17) is 22.1 Å². The molecular weight excluding hydrogens is 389 g/mol. The van der Waals surface area contributed by atoms with Crippen LogP contribution in [0.5, 0.6) is 5.75 Å². The lowest BCUT2D eigenvalue weighted by atomic mass is 10.0. The van der Waals surface area contributed by atoms with Gasteiger partial charge in [-0.2, -0.15) is 13.2 Å². The van der Waals surface area contributed by atoms with Gasteiger partial charge in [-0.3, -0.25) is 0 Å². The van der Waals surface area contributed by atoms with Gasteiger partial charge in [-0.25, -0.2) is 0 Å². The highest BCUT2D eigenvalue weighted by atomic mass is 35.5. The molecule has 0 aliphatic rings. The average Bonchev–Trinajstić information content (AvgIpc) is 2.65. The summed E-state index contributed by atoms with van der Waals surface area (Å²) < 4.78 is 44.5. The number of unbranched alkanes of at least 4 members (excludes halogenated alkanes) is 1. The zero-order valence-corrected chi connectivity index (χ0v) is 16.9. The Hall–Kier alpha value is -1.92. The summed E-state index contributed by atoms with van der Waals surface area (Å²) in [5.41, 5.74) is 5.91. The van der Waals surface area contributed by atoms with Gasteiger partial charge in [0, 0.05) is 6.54 Å². The standard InChI is InChI=1S/C21H26ClF3N2O/c1-27(11-6-5-8-16-7-3-4-9-19(16)28-2)12-10-15-13-17(21(23,24)25)20(26)18(22)14-15/h3-4,7,9,13-14H,5-6,8,10-12,26H2,1-2H3. The molecule has 2 rings (SSSR count). The van der Waals surface area contributed by atoms with Crippen molar-refractivity contribution in [2.75, 3.05) is 33.0 Å². The third-order valence-corrected chi connectivity index (χ3v) is 5.02. The normalized spacial score (nSPS) is 11.8. The summed E-state index contributed by atoms with van der Waals surface area (Å²) in [6.07, 6.45) is -1.10. The van der Waals surface area contributed by atoms with Gasteiger partial charge in [0.25, 0.3) is 0 Å². The van der Waals surface area contributed by atoms with Crippen molar-refractivity contribution in [2.24, 2.45) is 0 Å². The molecule has 0 aliphatic carbocycles. The van der Waals surface area contributed by atoms with Crippen molar-refractivity contribution in [1.29, 1.82) is 0 Å². The molecule has 0 amide bonds. The Labute approximate surface area is 169 Å². The first kappa shape index (κ1) is 22.4. The summed E-state index contributed by atoms with van der Waals surface area (Å²) in [7, 11) is 3.63. The number of hydrogen-bond acceptors (Lipinski definition) is 3. The number of nitrogens with two attached hydrogens (primary N) is 1. The zero-order valence-electron chi connectivity index (χ0n) is 16.2. The Balaban J connectivity index is 1.81. The van der Waals surface area contributed by atoms with Crippen molar-refractivity contribution in [3.05, 3.63) is 58.1 Å². The molecule has 0 aromatic heterocycles. The Kier molecular flexibility index (Phi) is 8.01. The molecule has 0 saturated carbocycles. The molecule has 2 N–H and O–H groups in total. The van der Waals surface area contributed by atoms with Gasteiger partial charge in [-0.1, -0.05) is 29.8 Å². The fourth-order valence-corrected chi connectivity index (χ4v) is 3.33. The van der Waals surface area contributed by atoms with Crippen molar-refractivity contribution in [3.8, 4) is 5.75 Å². The average molecular weight is 415 g/mol. The first-order valence-corrected chi connectivity index (χ1v) is 9.55. The molecule has 3 nitrogen and oxygen atoms in total. The number of aryl methyl sites for hydroxylation is 1. The minimum atomic E-state index is -4.51. The number of para-hydroxylation sites is 1. The van der Waals surface area contributed by atoms with Gasteiger partial charge in [0.05, 0.1) is 23.4 Å². The Morgan fingerprint density at radius 2 is 1.79 bits per heavy atom. The van der Waals surface area contributed by atoms with Gasteiger partial charge in [0.1, 0.15) is 5.75 Å². The summed E-state index contributed by atoms with van der Waals surface area (Å²) >= 11 is 5.88. The van der Waals surface area contributed by atoms with Crippen LogP contribution in [0.25, 0.3) is 0 Å². The second kappa shape index (κ2) is 10.0. The molecule has 0 atom stereocenters. The van der Waals surface area contributed by atoms with Crippen LogP contribution in [0.2, 0.25) is 5.02 Å². The summed E-state index contributed by atoms with van der Waals surface area (Å²) in [6.45, 7) is 1.51. The van der Waals surface area contributed by atoms with E-state index in [-0.39, 0.29) is 5.02 Å². The van der Waals surface area contributed by atoms with E-state index in [2.05, 4.69) is 11.0 Å². The predicted octanol–water partition coefficient (Wildman–Crippen LogP) is 5.45. The van der Waals surface area contributed by atoms with Crippen LogP contribution in [-0.2, 0) is 19.0 Å². The Morgan fingerprint density at radius 3 is 2.46 bits per heavy atom. The number of anilines is 1. The van der Waals surface area contributed by atoms with Crippen LogP contribution in [0, 0.1) is 0 Å². The first-order valence-electron chi connectivity index (χ1n) is 9.18. The second-order valence-corrected chi connectivity index (χ2v) is 7.27. The number of ether oxygens (including phenoxy) is 1. The zero-order chi connectivity index (χ0) is 20.7. The van der Waals surface area contributed by atoms with E-state index < -0.39 is 17.4 Å². The molecule has 0 spiro atoms. The molecule has 154 valence electrons. The van der Waals surface area contributed by atoms with E-state index in [0.29, 0.717) is 18.5 Å². The lowest BCUT2D eigenvalue weighted by Gasteiger charge is -2.18. The maximum Gasteiger partial charge on any atom is 0.418 e. The van der Waals surface area contributed by atoms with E-state index in [0.717, 1.165) is 37.6 Å². The van der Waals surface area contributed by atoms with E-state index in [1.54, 1.807) is 7.11 Å². The van der Waals surface area contributed by atoms with E-state index in [1.165, 1.54) is 11.6 Å². The minimum Gasteiger partial charge on any atom is -0.496 e. The molecular formula is C21H26ClF3N2O. The maximum absolute atomic E-state index is 13.0. The van der Waals surface area contributed by atoms with Crippen LogP contribution in [0.15, 0.2) is 36.4 Å². The summed E-state index contributed by atoms with van der Waals surface area (Å²) in [5.74, 6) is 0.900. The molecule has 0 radical (unpaired) electrons. The monoisotopic (exact) mass is 414 g/mol. The van der Waals surface area contributed by atoms with Crippen molar-refractivity contribution in [1.82, 2.24) is 4.90 Å². The summed E-state index contributed by atoms with van der Waals surface area (Å²) in [4.78, 5) is 2.11. The van der Waals surface area contributed by atoms with Crippen LogP contribution < -0.4 is 10.5 Å². The van der Waals surface area contributed by atoms with Gasteiger partial charge in [0.15, 0.2) is 0 Å². The number of hydrogen-bond donors (Lipinski definition) is 1. The van der Waals surface area contributed by atoms with Gasteiger partial charge in [-0.15, -0.1) is 0 Å². The predicted molar refractivity (Wildman–Crippen MR) is 108 cm³/mol. The van der Waals surface area contributed by atoms with Crippen molar-refractivity contribution >= 4 is 17.3 Å². The number of benzene rings is 2. The highest BCUT2D eigenvalue weighted by Gasteiger charge is 2.34. The molecule has 0 bridgehead atoms. The summed E-state index contributed by atoms with van der Waals surface area (Å²) in [5, 5.41) is -0.0516. The van der Waals surface area contributed by atoms with Gasteiger partial charge in [0.2, 0.25) is 0 Å². The minimum absolute atomic E-state index is 0.0516. The van der Waals surface area contributed by atoms with E-state index >= 15 is 0 Å². The molecule has 0 fully saturated rings. The lowest BCUT2D eigenvalue weighted by molar-refractivity contribution is -0.136. The molecule has 28 heavy (non-hydrogen) atoms. The largest absolute Gasteiger partial charge is 0.496 e. The third kappa shape index (κ3) is 6.31. The maximum atomic E-state index is 13.0. The number of methoxy groups -OCH3 is 1. The van der Waals surface area contributed by atoms with Crippen LogP contribution in [0.1, 0.15) is 29.5 Å². The Morgan fingerprint density at radius 1 is 1.07 bits per heavy atom. The number of alkyl halides is 3. The molecule has 0 unspecified atom stereocenters. The van der Waals surface area contributed by atoms with Crippen molar-refractivity contribution in [2.45, 2.75) is 31.9 Å². The van der Waals surface area contributed by atoms with Crippen LogP contribution in [0.3, 0.4) is 0 Å².